The SMILES string of the molecule is C=CC(=O)Nc1cccc(C(=O)N(CCNS(C)(=O)=O)C2CC2)c1. The summed E-state index contributed by atoms with van der Waals surface area (Å²) in [7, 11) is -3.28. The molecule has 1 fully saturated rings. The van der Waals surface area contributed by atoms with E-state index in [1.165, 1.54) is 0 Å². The fraction of sp³-hybridized carbons (Fsp3) is 0.375. The van der Waals surface area contributed by atoms with E-state index in [1.807, 2.05) is 0 Å². The molecule has 0 atom stereocenters. The van der Waals surface area contributed by atoms with Crippen LogP contribution in [0.5, 0.6) is 0 Å². The molecule has 0 bridgehead atoms. The van der Waals surface area contributed by atoms with Crippen molar-refractivity contribution in [3.05, 3.63) is 42.5 Å². The molecule has 8 heteroatoms. The Labute approximate surface area is 141 Å². The van der Waals surface area contributed by atoms with E-state index in [2.05, 4.69) is 16.6 Å². The smallest absolute Gasteiger partial charge is 0.254 e. The van der Waals surface area contributed by atoms with Crippen molar-refractivity contribution >= 4 is 27.5 Å². The molecule has 130 valence electrons. The lowest BCUT2D eigenvalue weighted by atomic mass is 10.1. The number of amides is 2. The third kappa shape index (κ3) is 5.47. The van der Waals surface area contributed by atoms with Gasteiger partial charge in [-0.25, -0.2) is 13.1 Å². The molecule has 2 rings (SSSR count). The average Bonchev–Trinajstić information content (AvgIpc) is 3.35. The summed E-state index contributed by atoms with van der Waals surface area (Å²) in [4.78, 5) is 25.7. The molecule has 1 aliphatic carbocycles. The van der Waals surface area contributed by atoms with Gasteiger partial charge in [-0.2, -0.15) is 0 Å². The molecule has 0 radical (unpaired) electrons. The van der Waals surface area contributed by atoms with Crippen molar-refractivity contribution in [2.75, 3.05) is 24.7 Å². The van der Waals surface area contributed by atoms with Crippen LogP contribution < -0.4 is 10.0 Å². The number of nitrogens with one attached hydrogen (secondary N) is 2. The summed E-state index contributed by atoms with van der Waals surface area (Å²) in [6, 6.07) is 6.79. The Kier molecular flexibility index (Phi) is 5.74. The summed E-state index contributed by atoms with van der Waals surface area (Å²) in [6.07, 6.45) is 4.07. The molecule has 2 N–H and O–H groups in total. The van der Waals surface area contributed by atoms with Crippen LogP contribution in [-0.2, 0) is 14.8 Å². The van der Waals surface area contributed by atoms with Gasteiger partial charge in [0.25, 0.3) is 5.91 Å². The molecule has 1 aliphatic rings. The van der Waals surface area contributed by atoms with E-state index >= 15 is 0 Å². The first kappa shape index (κ1) is 18.2. The van der Waals surface area contributed by atoms with E-state index in [1.54, 1.807) is 29.2 Å². The Hall–Kier alpha value is -2.19. The molecule has 1 aromatic carbocycles. The summed E-state index contributed by atoms with van der Waals surface area (Å²) in [5.74, 6) is -0.529. The van der Waals surface area contributed by atoms with Crippen LogP contribution in [0.25, 0.3) is 0 Å². The lowest BCUT2D eigenvalue weighted by Gasteiger charge is -2.22. The molecule has 2 amide bonds. The van der Waals surface area contributed by atoms with Crippen molar-refractivity contribution in [1.29, 1.82) is 0 Å². The Morgan fingerprint density at radius 1 is 1.38 bits per heavy atom. The predicted octanol–water partition coefficient (Wildman–Crippen LogP) is 0.965. The molecule has 1 saturated carbocycles. The van der Waals surface area contributed by atoms with Crippen molar-refractivity contribution in [2.45, 2.75) is 18.9 Å². The first-order valence-corrected chi connectivity index (χ1v) is 9.48. The van der Waals surface area contributed by atoms with Gasteiger partial charge in [0.2, 0.25) is 15.9 Å². The molecule has 24 heavy (non-hydrogen) atoms. The van der Waals surface area contributed by atoms with Crippen LogP contribution in [0.15, 0.2) is 36.9 Å². The van der Waals surface area contributed by atoms with E-state index in [9.17, 15) is 18.0 Å². The minimum absolute atomic E-state index is 0.144. The number of benzene rings is 1. The van der Waals surface area contributed by atoms with E-state index in [0.717, 1.165) is 25.2 Å². The molecule has 0 saturated heterocycles. The van der Waals surface area contributed by atoms with Crippen LogP contribution in [0.4, 0.5) is 5.69 Å². The van der Waals surface area contributed by atoms with Gasteiger partial charge in [0, 0.05) is 30.4 Å². The number of hydrogen-bond acceptors (Lipinski definition) is 4. The van der Waals surface area contributed by atoms with Crippen molar-refractivity contribution in [3.63, 3.8) is 0 Å². The Morgan fingerprint density at radius 3 is 2.67 bits per heavy atom. The number of anilines is 1. The van der Waals surface area contributed by atoms with E-state index in [-0.39, 0.29) is 24.4 Å². The van der Waals surface area contributed by atoms with E-state index in [4.69, 9.17) is 0 Å². The lowest BCUT2D eigenvalue weighted by Crippen LogP contribution is -2.39. The molecular weight excluding hydrogens is 330 g/mol. The van der Waals surface area contributed by atoms with Crippen molar-refractivity contribution in [2.24, 2.45) is 0 Å². The van der Waals surface area contributed by atoms with Gasteiger partial charge in [-0.3, -0.25) is 9.59 Å². The highest BCUT2D eigenvalue weighted by molar-refractivity contribution is 7.88. The van der Waals surface area contributed by atoms with Gasteiger partial charge < -0.3 is 10.2 Å². The number of carbonyl (C=O) groups excluding carboxylic acids is 2. The zero-order valence-electron chi connectivity index (χ0n) is 13.5. The molecule has 0 heterocycles. The largest absolute Gasteiger partial charge is 0.334 e. The van der Waals surface area contributed by atoms with Gasteiger partial charge in [-0.15, -0.1) is 0 Å². The normalized spacial score (nSPS) is 14.0. The number of rotatable bonds is 8. The Bertz CT molecular complexity index is 741. The quantitative estimate of drug-likeness (QED) is 0.682. The van der Waals surface area contributed by atoms with Gasteiger partial charge in [-0.1, -0.05) is 12.6 Å². The zero-order valence-corrected chi connectivity index (χ0v) is 14.3. The fourth-order valence-electron chi connectivity index (χ4n) is 2.28. The third-order valence-corrected chi connectivity index (χ3v) is 4.26. The molecule has 1 aromatic rings. The maximum Gasteiger partial charge on any atom is 0.254 e. The minimum Gasteiger partial charge on any atom is -0.334 e. The molecule has 0 aromatic heterocycles. The van der Waals surface area contributed by atoms with Gasteiger partial charge >= 0.3 is 0 Å². The van der Waals surface area contributed by atoms with E-state index in [0.29, 0.717) is 17.8 Å². The minimum atomic E-state index is -3.28. The zero-order chi connectivity index (χ0) is 17.7. The summed E-state index contributed by atoms with van der Waals surface area (Å²) in [5, 5.41) is 2.61. The van der Waals surface area contributed by atoms with Crippen LogP contribution in [0.1, 0.15) is 23.2 Å². The van der Waals surface area contributed by atoms with Gasteiger partial charge in [0.05, 0.1) is 6.26 Å². The average molecular weight is 351 g/mol. The highest BCUT2D eigenvalue weighted by atomic mass is 32.2. The summed E-state index contributed by atoms with van der Waals surface area (Å²) in [5.41, 5.74) is 0.957. The first-order valence-electron chi connectivity index (χ1n) is 7.59. The Morgan fingerprint density at radius 2 is 2.08 bits per heavy atom. The second-order valence-corrected chi connectivity index (χ2v) is 7.50. The van der Waals surface area contributed by atoms with Crippen LogP contribution in [0, 0.1) is 0 Å². The number of carbonyl (C=O) groups is 2. The highest BCUT2D eigenvalue weighted by Crippen LogP contribution is 2.28. The predicted molar refractivity (Wildman–Crippen MR) is 92.2 cm³/mol. The van der Waals surface area contributed by atoms with Crippen LogP contribution in [0.3, 0.4) is 0 Å². The second kappa shape index (κ2) is 7.59. The summed E-state index contributed by atoms with van der Waals surface area (Å²) < 4.78 is 24.7. The molecule has 0 unspecified atom stereocenters. The van der Waals surface area contributed by atoms with Crippen LogP contribution in [-0.4, -0.2) is 50.5 Å². The number of nitrogens with zero attached hydrogens (tertiary/aromatic N) is 1. The molecule has 7 nitrogen and oxygen atoms in total. The number of hydrogen-bond donors (Lipinski definition) is 2. The molecule has 0 aliphatic heterocycles. The van der Waals surface area contributed by atoms with Crippen LogP contribution >= 0.6 is 0 Å². The van der Waals surface area contributed by atoms with Crippen molar-refractivity contribution in [3.8, 4) is 0 Å². The first-order chi connectivity index (χ1) is 11.3. The molecule has 0 spiro atoms. The van der Waals surface area contributed by atoms with Crippen LogP contribution in [0.2, 0.25) is 0 Å². The fourth-order valence-corrected chi connectivity index (χ4v) is 2.74. The highest BCUT2D eigenvalue weighted by Gasteiger charge is 2.32. The topological polar surface area (TPSA) is 95.6 Å². The van der Waals surface area contributed by atoms with Crippen molar-refractivity contribution in [1.82, 2.24) is 9.62 Å². The van der Waals surface area contributed by atoms with Gasteiger partial charge in [0.1, 0.15) is 0 Å². The summed E-state index contributed by atoms with van der Waals surface area (Å²) >= 11 is 0. The monoisotopic (exact) mass is 351 g/mol. The van der Waals surface area contributed by atoms with Gasteiger partial charge in [0.15, 0.2) is 0 Å². The third-order valence-electron chi connectivity index (χ3n) is 3.53. The van der Waals surface area contributed by atoms with Gasteiger partial charge in [-0.05, 0) is 37.1 Å². The summed E-state index contributed by atoms with van der Waals surface area (Å²) in [6.45, 7) is 3.86. The lowest BCUT2D eigenvalue weighted by molar-refractivity contribution is -0.111. The molecular formula is C16H21N3O4S. The standard InChI is InChI=1S/C16H21N3O4S/c1-3-15(20)18-13-6-4-5-12(11-13)16(21)19(14-7-8-14)10-9-17-24(2,22)23/h3-6,11,14,17H,1,7-10H2,2H3,(H,18,20). The maximum atomic E-state index is 12.7. The second-order valence-electron chi connectivity index (χ2n) is 5.67. The van der Waals surface area contributed by atoms with E-state index < -0.39 is 10.0 Å². The number of sulfonamides is 1. The maximum absolute atomic E-state index is 12.7. The Balaban J connectivity index is 2.07. The van der Waals surface area contributed by atoms with Crippen molar-refractivity contribution < 1.29 is 18.0 Å².